The van der Waals surface area contributed by atoms with Gasteiger partial charge in [0.1, 0.15) is 23.4 Å². The quantitative estimate of drug-likeness (QED) is 0.0700. The zero-order valence-electron chi connectivity index (χ0n) is 51.2. The molecule has 13 fully saturated rings. The van der Waals surface area contributed by atoms with Gasteiger partial charge in [-0.15, -0.1) is 0 Å². The van der Waals surface area contributed by atoms with Crippen molar-refractivity contribution in [3.8, 4) is 0 Å². The summed E-state index contributed by atoms with van der Waals surface area (Å²) in [7, 11) is 0. The predicted molar refractivity (Wildman–Crippen MR) is 298 cm³/mol. The third-order valence-corrected chi connectivity index (χ3v) is 24.0. The Labute approximate surface area is 490 Å². The van der Waals surface area contributed by atoms with Gasteiger partial charge in [-0.1, -0.05) is 27.7 Å². The highest BCUT2D eigenvalue weighted by molar-refractivity contribution is 5.87. The molecule has 1 N–H and O–H groups in total. The highest BCUT2D eigenvalue weighted by atomic mass is 16.6. The first kappa shape index (κ1) is 60.4. The molecule has 2 aliphatic heterocycles. The maximum absolute atomic E-state index is 15.8. The van der Waals surface area contributed by atoms with Gasteiger partial charge in [-0.2, -0.15) is 0 Å². The second-order valence-electron chi connectivity index (χ2n) is 31.3. The molecule has 2 saturated heterocycles. The number of ether oxygens (including phenoxy) is 8. The molecule has 10 bridgehead atoms. The molecule has 0 aromatic rings. The van der Waals surface area contributed by atoms with Gasteiger partial charge in [-0.25, -0.2) is 9.59 Å². The SMILES string of the molecule is CCC1C2CC3CC(C2)CC1(OC(=O)C(C)(CC)CC(C)(CC(C)(CC(CC(C)(C)C(=O)OCC12CC4CC(CC(O)(C4)C1)C2)C(=O)OCC(=O)OC1C2CC4C(=O)OC1C4C2)C(=O)OC1CCOC1=O)C(=O)OC1(C(C)C)CCCC1)C3. The monoisotopic (exact) mass is 1160 g/mol. The molecule has 15 unspecified atom stereocenters. The number of rotatable bonds is 24. The van der Waals surface area contributed by atoms with Crippen LogP contribution in [0.3, 0.4) is 0 Å². The van der Waals surface area contributed by atoms with Crippen LogP contribution in [0.2, 0.25) is 0 Å². The van der Waals surface area contributed by atoms with Crippen LogP contribution in [0.5, 0.6) is 0 Å². The van der Waals surface area contributed by atoms with E-state index in [1.165, 1.54) is 0 Å². The molecule has 0 amide bonds. The molecule has 17 heteroatoms. The van der Waals surface area contributed by atoms with E-state index in [4.69, 9.17) is 37.9 Å². The Morgan fingerprint density at radius 1 is 0.687 bits per heavy atom. The molecule has 2 heterocycles. The summed E-state index contributed by atoms with van der Waals surface area (Å²) >= 11 is 0. The van der Waals surface area contributed by atoms with Crippen LogP contribution in [0, 0.1) is 92.2 Å². The number of fused-ring (bicyclic) bond motifs is 1. The first-order valence-electron chi connectivity index (χ1n) is 32.3. The van der Waals surface area contributed by atoms with E-state index in [0.717, 1.165) is 83.5 Å². The zero-order valence-corrected chi connectivity index (χ0v) is 51.2. The number of hydrogen-bond donors (Lipinski definition) is 1. The normalized spacial score (nSPS) is 39.1. The van der Waals surface area contributed by atoms with Gasteiger partial charge in [-0.3, -0.25) is 28.8 Å². The van der Waals surface area contributed by atoms with Gasteiger partial charge in [0.05, 0.1) is 52.3 Å². The Morgan fingerprint density at radius 3 is 1.95 bits per heavy atom. The molecule has 15 atom stereocenters. The van der Waals surface area contributed by atoms with Crippen molar-refractivity contribution in [2.75, 3.05) is 19.8 Å². The summed E-state index contributed by atoms with van der Waals surface area (Å²) in [5.74, 6) is -4.65. The van der Waals surface area contributed by atoms with Crippen LogP contribution >= 0.6 is 0 Å². The maximum atomic E-state index is 15.8. The Kier molecular flexibility index (Phi) is 15.9. The molecular formula is C66H96O17. The topological polar surface area (TPSA) is 231 Å². The van der Waals surface area contributed by atoms with E-state index in [2.05, 4.69) is 6.92 Å². The molecule has 0 aromatic heterocycles. The Bertz CT molecular complexity index is 2550. The Balaban J connectivity index is 0.908. The Morgan fingerprint density at radius 2 is 1.34 bits per heavy atom. The van der Waals surface area contributed by atoms with Crippen LogP contribution in [-0.4, -0.2) is 108 Å². The summed E-state index contributed by atoms with van der Waals surface area (Å²) < 4.78 is 48.8. The molecular weight excluding hydrogens is 1060 g/mol. The second kappa shape index (κ2) is 21.8. The Hall–Kier alpha value is -4.28. The van der Waals surface area contributed by atoms with E-state index >= 15 is 19.2 Å². The molecule has 13 rings (SSSR count). The van der Waals surface area contributed by atoms with Crippen LogP contribution in [0.15, 0.2) is 0 Å². The predicted octanol–water partition coefficient (Wildman–Crippen LogP) is 10.0. The molecule has 0 aromatic carbocycles. The number of carbonyl (C=O) groups excluding carboxylic acids is 8. The van der Waals surface area contributed by atoms with Gasteiger partial charge < -0.3 is 43.0 Å². The van der Waals surface area contributed by atoms with Crippen molar-refractivity contribution in [2.24, 2.45) is 92.2 Å². The number of hydrogen-bond acceptors (Lipinski definition) is 17. The van der Waals surface area contributed by atoms with E-state index in [1.807, 2.05) is 27.7 Å². The lowest BCUT2D eigenvalue weighted by Gasteiger charge is -2.60. The standard InChI is InChI=1S/C66H96O17/c1-10-47-42-20-38-18-39(21-42)29-66(47,28-38)83-57(73)60(7,11-2)33-62(9,58(74)82-65(37(3)4)15-12-13-16-65)34-61(8,56(72)79-48-14-17-76-54(48)70)31-44(52(68)77-32-49(67)80-50-43-22-45-46(23-43)53(69)81-51(45)50)30-59(5,6)55(71)78-36-63-24-40-19-41(25-63)27-64(75,26-40)35-63/h37-48,50-51,75H,10-36H2,1-9H3. The molecule has 11 saturated carbocycles. The molecule has 462 valence electrons. The first-order chi connectivity index (χ1) is 39.0. The van der Waals surface area contributed by atoms with Crippen molar-refractivity contribution in [3.63, 3.8) is 0 Å². The number of cyclic esters (lactones) is 1. The average molecular weight is 1160 g/mol. The van der Waals surface area contributed by atoms with Gasteiger partial charge in [0.25, 0.3) is 0 Å². The molecule has 0 spiro atoms. The van der Waals surface area contributed by atoms with Crippen LogP contribution in [0.25, 0.3) is 0 Å². The molecule has 0 radical (unpaired) electrons. The van der Waals surface area contributed by atoms with Crippen molar-refractivity contribution in [1.29, 1.82) is 0 Å². The number of carbonyl (C=O) groups is 8. The van der Waals surface area contributed by atoms with Gasteiger partial charge in [-0.05, 0) is 218 Å². The highest BCUT2D eigenvalue weighted by Crippen LogP contribution is 2.64. The minimum Gasteiger partial charge on any atom is -0.465 e. The summed E-state index contributed by atoms with van der Waals surface area (Å²) in [6.45, 7) is 15.9. The summed E-state index contributed by atoms with van der Waals surface area (Å²) in [6, 6.07) is 0. The van der Waals surface area contributed by atoms with Crippen molar-refractivity contribution in [3.05, 3.63) is 0 Å². The van der Waals surface area contributed by atoms with Crippen LogP contribution in [0.1, 0.15) is 216 Å². The van der Waals surface area contributed by atoms with Crippen LogP contribution in [-0.2, 0) is 76.3 Å². The van der Waals surface area contributed by atoms with E-state index < -0.39 is 118 Å². The number of aliphatic hydroxyl groups is 1. The summed E-state index contributed by atoms with van der Waals surface area (Å²) in [5.41, 5.74) is -8.78. The van der Waals surface area contributed by atoms with Gasteiger partial charge in [0, 0.05) is 29.6 Å². The fourth-order valence-electron chi connectivity index (χ4n) is 20.6. The summed E-state index contributed by atoms with van der Waals surface area (Å²) in [5, 5.41) is 11.6. The van der Waals surface area contributed by atoms with E-state index in [1.54, 1.807) is 27.7 Å². The smallest absolute Gasteiger partial charge is 0.347 e. The molecule has 13 aliphatic rings. The fraction of sp³-hybridized carbons (Fsp3) is 0.879. The minimum absolute atomic E-state index is 0.0175. The van der Waals surface area contributed by atoms with Gasteiger partial charge >= 0.3 is 47.8 Å². The third kappa shape index (κ3) is 11.3. The maximum Gasteiger partial charge on any atom is 0.347 e. The average Bonchev–Trinajstić information content (AvgIpc) is 2.02. The highest BCUT2D eigenvalue weighted by Gasteiger charge is 2.65. The summed E-state index contributed by atoms with van der Waals surface area (Å²) in [4.78, 5) is 116. The minimum atomic E-state index is -1.85. The van der Waals surface area contributed by atoms with Crippen molar-refractivity contribution in [2.45, 2.75) is 252 Å². The fourth-order valence-corrected chi connectivity index (χ4v) is 20.6. The lowest BCUT2D eigenvalue weighted by molar-refractivity contribution is -0.219. The second-order valence-corrected chi connectivity index (χ2v) is 31.3. The first-order valence-corrected chi connectivity index (χ1v) is 32.3. The molecule has 11 aliphatic carbocycles. The van der Waals surface area contributed by atoms with Crippen LogP contribution in [0.4, 0.5) is 0 Å². The van der Waals surface area contributed by atoms with E-state index in [-0.39, 0.29) is 86.3 Å². The lowest BCUT2D eigenvalue weighted by atomic mass is 9.48. The largest absolute Gasteiger partial charge is 0.465 e. The third-order valence-electron chi connectivity index (χ3n) is 24.0. The van der Waals surface area contributed by atoms with Crippen molar-refractivity contribution >= 4 is 47.8 Å². The van der Waals surface area contributed by atoms with Crippen molar-refractivity contribution in [1.82, 2.24) is 0 Å². The zero-order chi connectivity index (χ0) is 59.5. The lowest BCUT2D eigenvalue weighted by Crippen LogP contribution is -2.60. The summed E-state index contributed by atoms with van der Waals surface area (Å²) in [6.07, 6.45) is 11.7. The number of esters is 8. The van der Waals surface area contributed by atoms with Crippen LogP contribution < -0.4 is 0 Å². The van der Waals surface area contributed by atoms with E-state index in [9.17, 15) is 24.3 Å². The van der Waals surface area contributed by atoms with Crippen molar-refractivity contribution < 1.29 is 81.4 Å². The van der Waals surface area contributed by atoms with Gasteiger partial charge in [0.15, 0.2) is 6.61 Å². The molecule has 83 heavy (non-hydrogen) atoms. The van der Waals surface area contributed by atoms with E-state index in [0.29, 0.717) is 61.7 Å². The van der Waals surface area contributed by atoms with Gasteiger partial charge in [0.2, 0.25) is 6.10 Å². The molecule has 17 nitrogen and oxygen atoms in total.